The van der Waals surface area contributed by atoms with E-state index in [2.05, 4.69) is 21.2 Å². The first-order chi connectivity index (χ1) is 18.9. The van der Waals surface area contributed by atoms with Gasteiger partial charge in [-0.2, -0.15) is 0 Å². The van der Waals surface area contributed by atoms with E-state index in [1.807, 2.05) is 68.4 Å². The van der Waals surface area contributed by atoms with Crippen molar-refractivity contribution in [3.05, 3.63) is 98.4 Å². The Hall–Kier alpha value is -2.59. The van der Waals surface area contributed by atoms with Crippen molar-refractivity contribution in [2.45, 2.75) is 45.3 Å². The van der Waals surface area contributed by atoms with Gasteiger partial charge in [0.25, 0.3) is 0 Å². The molecule has 0 radical (unpaired) electrons. The number of carbonyl (C=O) groups is 2. The molecule has 0 saturated carbocycles. The molecule has 11 heteroatoms. The van der Waals surface area contributed by atoms with Gasteiger partial charge in [0, 0.05) is 23.5 Å². The molecule has 1 N–H and O–H groups in total. The van der Waals surface area contributed by atoms with Crippen LogP contribution < -0.4 is 9.62 Å². The third-order valence-corrected chi connectivity index (χ3v) is 8.82. The van der Waals surface area contributed by atoms with Gasteiger partial charge in [-0.05, 0) is 48.7 Å². The maximum atomic E-state index is 14.1. The lowest BCUT2D eigenvalue weighted by molar-refractivity contribution is -0.140. The summed E-state index contributed by atoms with van der Waals surface area (Å²) in [4.78, 5) is 29.2. The maximum absolute atomic E-state index is 14.1. The molecule has 0 aliphatic rings. The van der Waals surface area contributed by atoms with Crippen LogP contribution in [0.3, 0.4) is 0 Å². The van der Waals surface area contributed by atoms with Crippen LogP contribution in [0.2, 0.25) is 10.0 Å². The number of sulfonamides is 1. The second-order valence-electron chi connectivity index (χ2n) is 9.52. The second kappa shape index (κ2) is 14.3. The molecular formula is C29H32BrCl2N3O4S. The molecule has 3 aromatic rings. The summed E-state index contributed by atoms with van der Waals surface area (Å²) in [5, 5.41) is 3.17. The molecule has 0 aliphatic heterocycles. The third kappa shape index (κ3) is 8.70. The highest BCUT2D eigenvalue weighted by molar-refractivity contribution is 9.10. The Morgan fingerprint density at radius 1 is 0.975 bits per heavy atom. The first-order valence-electron chi connectivity index (χ1n) is 12.7. The van der Waals surface area contributed by atoms with Gasteiger partial charge in [-0.15, -0.1) is 0 Å². The van der Waals surface area contributed by atoms with E-state index >= 15 is 0 Å². The van der Waals surface area contributed by atoms with E-state index < -0.39 is 28.5 Å². The SMILES string of the molecule is CC[C@H](C)NC(=O)[C@H](Cc1ccccc1)N(Cc1cccc(Br)c1)C(=O)CN(c1cccc(Cl)c1Cl)S(C)(=O)=O. The van der Waals surface area contributed by atoms with Crippen LogP contribution in [0.5, 0.6) is 0 Å². The van der Waals surface area contributed by atoms with Gasteiger partial charge in [-0.25, -0.2) is 8.42 Å². The summed E-state index contributed by atoms with van der Waals surface area (Å²) in [5.41, 5.74) is 1.71. The minimum absolute atomic E-state index is 0.0104. The fourth-order valence-corrected chi connectivity index (χ4v) is 5.86. The summed E-state index contributed by atoms with van der Waals surface area (Å²) in [6.07, 6.45) is 1.94. The fourth-order valence-electron chi connectivity index (χ4n) is 4.11. The summed E-state index contributed by atoms with van der Waals surface area (Å²) in [5.74, 6) is -0.894. The van der Waals surface area contributed by atoms with E-state index in [0.717, 1.165) is 26.2 Å². The summed E-state index contributed by atoms with van der Waals surface area (Å²) in [7, 11) is -3.96. The van der Waals surface area contributed by atoms with Crippen LogP contribution in [0.4, 0.5) is 5.69 Å². The molecule has 0 bridgehead atoms. The molecule has 2 amide bonds. The molecule has 214 valence electrons. The lowest BCUT2D eigenvalue weighted by Crippen LogP contribution is -2.54. The second-order valence-corrected chi connectivity index (χ2v) is 13.1. The Bertz CT molecular complexity index is 1440. The van der Waals surface area contributed by atoms with Gasteiger partial charge >= 0.3 is 0 Å². The Morgan fingerprint density at radius 2 is 1.62 bits per heavy atom. The van der Waals surface area contributed by atoms with Crippen molar-refractivity contribution in [3.63, 3.8) is 0 Å². The number of halogens is 3. The number of nitrogens with zero attached hydrogens (tertiary/aromatic N) is 2. The number of hydrogen-bond acceptors (Lipinski definition) is 4. The average Bonchev–Trinajstić information content (AvgIpc) is 2.90. The zero-order chi connectivity index (χ0) is 29.4. The van der Waals surface area contributed by atoms with Crippen molar-refractivity contribution in [3.8, 4) is 0 Å². The largest absolute Gasteiger partial charge is 0.352 e. The maximum Gasteiger partial charge on any atom is 0.244 e. The molecule has 40 heavy (non-hydrogen) atoms. The predicted molar refractivity (Wildman–Crippen MR) is 165 cm³/mol. The number of amides is 2. The molecule has 0 spiro atoms. The van der Waals surface area contributed by atoms with Gasteiger partial charge in [0.15, 0.2) is 0 Å². The molecule has 0 unspecified atom stereocenters. The number of benzene rings is 3. The van der Waals surface area contributed by atoms with Crippen LogP contribution in [-0.4, -0.2) is 50.0 Å². The fraction of sp³-hybridized carbons (Fsp3) is 0.310. The van der Waals surface area contributed by atoms with Gasteiger partial charge < -0.3 is 10.2 Å². The Morgan fingerprint density at radius 3 is 2.25 bits per heavy atom. The smallest absolute Gasteiger partial charge is 0.244 e. The van der Waals surface area contributed by atoms with Crippen molar-refractivity contribution >= 4 is 66.7 Å². The average molecular weight is 669 g/mol. The standard InChI is InChI=1S/C29H32BrCl2N3O4S/c1-4-20(2)33-29(37)26(17-21-10-6-5-7-11-21)34(18-22-12-8-13-23(30)16-22)27(36)19-35(40(3,38)39)25-15-9-14-24(31)28(25)32/h5-16,20,26H,4,17-19H2,1-3H3,(H,33,37)/t20-,26-/m0/s1. The van der Waals surface area contributed by atoms with Crippen LogP contribution >= 0.6 is 39.1 Å². The summed E-state index contributed by atoms with van der Waals surface area (Å²) in [6.45, 7) is 3.35. The minimum Gasteiger partial charge on any atom is -0.352 e. The zero-order valence-electron chi connectivity index (χ0n) is 22.5. The lowest BCUT2D eigenvalue weighted by atomic mass is 10.0. The van der Waals surface area contributed by atoms with Gasteiger partial charge in [0.1, 0.15) is 12.6 Å². The first kappa shape index (κ1) is 31.9. The number of hydrogen-bond donors (Lipinski definition) is 1. The Labute approximate surface area is 254 Å². The van der Waals surface area contributed by atoms with E-state index in [4.69, 9.17) is 23.2 Å². The number of carbonyl (C=O) groups excluding carboxylic acids is 2. The highest BCUT2D eigenvalue weighted by atomic mass is 79.9. The van der Waals surface area contributed by atoms with Crippen molar-refractivity contribution < 1.29 is 18.0 Å². The van der Waals surface area contributed by atoms with Crippen LogP contribution in [0.25, 0.3) is 0 Å². The van der Waals surface area contributed by atoms with Crippen molar-refractivity contribution in [2.24, 2.45) is 0 Å². The van der Waals surface area contributed by atoms with Crippen LogP contribution in [0.15, 0.2) is 77.3 Å². The molecular weight excluding hydrogens is 637 g/mol. The normalized spacial score (nSPS) is 12.8. The highest BCUT2D eigenvalue weighted by Crippen LogP contribution is 2.34. The topological polar surface area (TPSA) is 86.8 Å². The van der Waals surface area contributed by atoms with Crippen LogP contribution in [0, 0.1) is 0 Å². The molecule has 0 saturated heterocycles. The summed E-state index contributed by atoms with van der Waals surface area (Å²) in [6, 6.07) is 20.3. The van der Waals surface area contributed by atoms with Crippen LogP contribution in [-0.2, 0) is 32.6 Å². The zero-order valence-corrected chi connectivity index (χ0v) is 26.4. The molecule has 0 aromatic heterocycles. The molecule has 3 rings (SSSR count). The quantitative estimate of drug-likeness (QED) is 0.254. The number of anilines is 1. The highest BCUT2D eigenvalue weighted by Gasteiger charge is 2.34. The van der Waals surface area contributed by atoms with E-state index in [9.17, 15) is 18.0 Å². The minimum atomic E-state index is -3.96. The molecule has 0 heterocycles. The van der Waals surface area contributed by atoms with Crippen molar-refractivity contribution in [2.75, 3.05) is 17.1 Å². The van der Waals surface area contributed by atoms with Crippen molar-refractivity contribution in [1.29, 1.82) is 0 Å². The Balaban J connectivity index is 2.09. The lowest BCUT2D eigenvalue weighted by Gasteiger charge is -2.34. The molecule has 3 aromatic carbocycles. The summed E-state index contributed by atoms with van der Waals surface area (Å²) >= 11 is 16.0. The number of rotatable bonds is 12. The van der Waals surface area contributed by atoms with E-state index in [1.54, 1.807) is 6.07 Å². The monoisotopic (exact) mass is 667 g/mol. The van der Waals surface area contributed by atoms with Crippen LogP contribution in [0.1, 0.15) is 31.4 Å². The third-order valence-electron chi connectivity index (χ3n) is 6.39. The van der Waals surface area contributed by atoms with Gasteiger partial charge in [0.05, 0.1) is 22.0 Å². The van der Waals surface area contributed by atoms with Gasteiger partial charge in [-0.1, -0.05) is 94.6 Å². The predicted octanol–water partition coefficient (Wildman–Crippen LogP) is 6.08. The summed E-state index contributed by atoms with van der Waals surface area (Å²) < 4.78 is 27.5. The Kier molecular flexibility index (Phi) is 11.5. The van der Waals surface area contributed by atoms with E-state index in [1.165, 1.54) is 17.0 Å². The van der Waals surface area contributed by atoms with Crippen molar-refractivity contribution in [1.82, 2.24) is 10.2 Å². The number of nitrogens with one attached hydrogen (secondary N) is 1. The van der Waals surface area contributed by atoms with E-state index in [-0.39, 0.29) is 40.6 Å². The van der Waals surface area contributed by atoms with Gasteiger partial charge in [0.2, 0.25) is 21.8 Å². The molecule has 7 nitrogen and oxygen atoms in total. The van der Waals surface area contributed by atoms with E-state index in [0.29, 0.717) is 6.42 Å². The molecule has 2 atom stereocenters. The molecule has 0 aliphatic carbocycles. The van der Waals surface area contributed by atoms with Gasteiger partial charge in [-0.3, -0.25) is 13.9 Å². The molecule has 0 fully saturated rings. The first-order valence-corrected chi connectivity index (χ1v) is 16.1.